The van der Waals surface area contributed by atoms with Crippen molar-refractivity contribution in [3.05, 3.63) is 56.7 Å². The van der Waals surface area contributed by atoms with Gasteiger partial charge in [0.25, 0.3) is 0 Å². The van der Waals surface area contributed by atoms with Gasteiger partial charge in [0.1, 0.15) is 5.75 Å². The van der Waals surface area contributed by atoms with Crippen LogP contribution in [0, 0.1) is 0 Å². The lowest BCUT2D eigenvalue weighted by Gasteiger charge is -2.18. The average molecular weight is 401 g/mol. The van der Waals surface area contributed by atoms with Crippen LogP contribution < -0.4 is 16.0 Å². The second-order valence-electron chi connectivity index (χ2n) is 4.28. The summed E-state index contributed by atoms with van der Waals surface area (Å²) in [5, 5.41) is 0. The second-order valence-corrected chi connectivity index (χ2v) is 6.05. The van der Waals surface area contributed by atoms with Crippen molar-refractivity contribution in [3.63, 3.8) is 0 Å². The van der Waals surface area contributed by atoms with Gasteiger partial charge in [-0.05, 0) is 51.8 Å². The van der Waals surface area contributed by atoms with Gasteiger partial charge in [-0.15, -0.1) is 0 Å². The lowest BCUT2D eigenvalue weighted by atomic mass is 10.0. The molecule has 4 nitrogen and oxygen atoms in total. The van der Waals surface area contributed by atoms with E-state index >= 15 is 0 Å². The van der Waals surface area contributed by atoms with E-state index in [0.29, 0.717) is 6.42 Å². The SMILES string of the molecule is COc1ccc(Br)c(C(Cc2ccc(Br)cn2)NN)c1. The van der Waals surface area contributed by atoms with Crippen molar-refractivity contribution in [2.75, 3.05) is 7.11 Å². The number of nitrogens with zero attached hydrogens (tertiary/aromatic N) is 1. The minimum atomic E-state index is -0.0480. The smallest absolute Gasteiger partial charge is 0.119 e. The van der Waals surface area contributed by atoms with Gasteiger partial charge < -0.3 is 4.74 Å². The van der Waals surface area contributed by atoms with Gasteiger partial charge in [0.2, 0.25) is 0 Å². The fourth-order valence-corrected chi connectivity index (χ4v) is 2.67. The van der Waals surface area contributed by atoms with Gasteiger partial charge in [-0.1, -0.05) is 15.9 Å². The molecule has 0 radical (unpaired) electrons. The molecule has 2 aromatic rings. The summed E-state index contributed by atoms with van der Waals surface area (Å²) in [5.41, 5.74) is 4.84. The molecule has 0 bridgehead atoms. The summed E-state index contributed by atoms with van der Waals surface area (Å²) in [6.45, 7) is 0. The summed E-state index contributed by atoms with van der Waals surface area (Å²) in [7, 11) is 1.65. The van der Waals surface area contributed by atoms with Gasteiger partial charge >= 0.3 is 0 Å². The molecule has 0 amide bonds. The maximum Gasteiger partial charge on any atom is 0.119 e. The number of aromatic nitrogens is 1. The molecule has 1 unspecified atom stereocenters. The Kier molecular flexibility index (Phi) is 5.54. The molecule has 1 heterocycles. The highest BCUT2D eigenvalue weighted by Gasteiger charge is 2.15. The largest absolute Gasteiger partial charge is 0.497 e. The summed E-state index contributed by atoms with van der Waals surface area (Å²) < 4.78 is 7.20. The van der Waals surface area contributed by atoms with E-state index in [4.69, 9.17) is 10.6 Å². The predicted octanol–water partition coefficient (Wildman–Crippen LogP) is 3.36. The number of hydrazine groups is 1. The minimum Gasteiger partial charge on any atom is -0.497 e. The van der Waals surface area contributed by atoms with E-state index in [1.54, 1.807) is 13.3 Å². The number of hydrogen-bond donors (Lipinski definition) is 2. The predicted molar refractivity (Wildman–Crippen MR) is 86.4 cm³/mol. The first-order valence-electron chi connectivity index (χ1n) is 6.04. The molecule has 0 fully saturated rings. The topological polar surface area (TPSA) is 60.2 Å². The number of benzene rings is 1. The molecule has 106 valence electrons. The van der Waals surface area contributed by atoms with Crippen LogP contribution in [0.1, 0.15) is 17.3 Å². The Morgan fingerprint density at radius 2 is 2.10 bits per heavy atom. The molecule has 1 aromatic heterocycles. The first kappa shape index (κ1) is 15.4. The molecule has 0 aliphatic heterocycles. The summed E-state index contributed by atoms with van der Waals surface area (Å²) >= 11 is 6.92. The van der Waals surface area contributed by atoms with Gasteiger partial charge in [-0.25, -0.2) is 0 Å². The van der Waals surface area contributed by atoms with Crippen LogP contribution in [0.4, 0.5) is 0 Å². The molecule has 0 aliphatic rings. The van der Waals surface area contributed by atoms with Crippen LogP contribution >= 0.6 is 31.9 Å². The van der Waals surface area contributed by atoms with Crippen LogP contribution in [0.15, 0.2) is 45.5 Å². The van der Waals surface area contributed by atoms with E-state index in [9.17, 15) is 0 Å². The Morgan fingerprint density at radius 3 is 2.70 bits per heavy atom. The summed E-state index contributed by atoms with van der Waals surface area (Å²) in [6, 6.07) is 9.71. The maximum atomic E-state index is 5.69. The monoisotopic (exact) mass is 399 g/mol. The summed E-state index contributed by atoms with van der Waals surface area (Å²) in [4.78, 5) is 4.37. The maximum absolute atomic E-state index is 5.69. The molecule has 1 atom stereocenters. The minimum absolute atomic E-state index is 0.0480. The first-order chi connectivity index (χ1) is 9.63. The number of nitrogens with two attached hydrogens (primary N) is 1. The lowest BCUT2D eigenvalue weighted by molar-refractivity contribution is 0.412. The van der Waals surface area contributed by atoms with Crippen LogP contribution in [-0.4, -0.2) is 12.1 Å². The third-order valence-electron chi connectivity index (χ3n) is 2.98. The van der Waals surface area contributed by atoms with Crippen molar-refractivity contribution in [1.29, 1.82) is 0 Å². The Morgan fingerprint density at radius 1 is 1.30 bits per heavy atom. The second kappa shape index (κ2) is 7.17. The fourth-order valence-electron chi connectivity index (χ4n) is 1.91. The molecule has 0 spiro atoms. The first-order valence-corrected chi connectivity index (χ1v) is 7.62. The number of rotatable bonds is 5. The van der Waals surface area contributed by atoms with Gasteiger partial charge in [-0.2, -0.15) is 0 Å². The normalized spacial score (nSPS) is 12.2. The number of ether oxygens (including phenoxy) is 1. The van der Waals surface area contributed by atoms with E-state index in [1.165, 1.54) is 0 Å². The number of pyridine rings is 1. The third kappa shape index (κ3) is 3.79. The van der Waals surface area contributed by atoms with Crippen molar-refractivity contribution >= 4 is 31.9 Å². The van der Waals surface area contributed by atoms with Gasteiger partial charge in [0.05, 0.1) is 13.2 Å². The lowest BCUT2D eigenvalue weighted by Crippen LogP contribution is -2.30. The van der Waals surface area contributed by atoms with Gasteiger partial charge in [0.15, 0.2) is 0 Å². The fraction of sp³-hybridized carbons (Fsp3) is 0.214. The number of methoxy groups -OCH3 is 1. The zero-order valence-corrected chi connectivity index (χ0v) is 14.1. The van der Waals surface area contributed by atoms with Crippen LogP contribution in [0.5, 0.6) is 5.75 Å². The van der Waals surface area contributed by atoms with E-state index in [2.05, 4.69) is 42.3 Å². The van der Waals surface area contributed by atoms with Crippen molar-refractivity contribution in [2.24, 2.45) is 5.84 Å². The van der Waals surface area contributed by atoms with Crippen LogP contribution in [0.3, 0.4) is 0 Å². The highest BCUT2D eigenvalue weighted by molar-refractivity contribution is 9.10. The van der Waals surface area contributed by atoms with Crippen LogP contribution in [0.25, 0.3) is 0 Å². The van der Waals surface area contributed by atoms with Gasteiger partial charge in [0, 0.05) is 27.3 Å². The number of hydrogen-bond acceptors (Lipinski definition) is 4. The molecule has 3 N–H and O–H groups in total. The zero-order valence-electron chi connectivity index (χ0n) is 10.9. The quantitative estimate of drug-likeness (QED) is 0.596. The van der Waals surface area contributed by atoms with E-state index in [-0.39, 0.29) is 6.04 Å². The Labute approximate surface area is 135 Å². The molecule has 0 saturated heterocycles. The Bertz CT molecular complexity index is 575. The van der Waals surface area contributed by atoms with Crippen molar-refractivity contribution in [1.82, 2.24) is 10.4 Å². The van der Waals surface area contributed by atoms with E-state index in [1.807, 2.05) is 30.3 Å². The van der Waals surface area contributed by atoms with Crippen LogP contribution in [-0.2, 0) is 6.42 Å². The highest BCUT2D eigenvalue weighted by atomic mass is 79.9. The molecule has 0 saturated carbocycles. The number of halogens is 2. The number of nitrogens with one attached hydrogen (secondary N) is 1. The molecule has 1 aromatic carbocycles. The van der Waals surface area contributed by atoms with Crippen molar-refractivity contribution in [2.45, 2.75) is 12.5 Å². The summed E-state index contributed by atoms with van der Waals surface area (Å²) in [6.07, 6.45) is 2.47. The molecule has 6 heteroatoms. The summed E-state index contributed by atoms with van der Waals surface area (Å²) in [5.74, 6) is 6.49. The average Bonchev–Trinajstić information content (AvgIpc) is 2.47. The van der Waals surface area contributed by atoms with Crippen molar-refractivity contribution in [3.8, 4) is 5.75 Å². The molecule has 0 aliphatic carbocycles. The Hall–Kier alpha value is -0.950. The van der Waals surface area contributed by atoms with Gasteiger partial charge in [-0.3, -0.25) is 16.3 Å². The van der Waals surface area contributed by atoms with Crippen molar-refractivity contribution < 1.29 is 4.74 Å². The molecular formula is C14H15Br2N3O. The Balaban J connectivity index is 2.25. The molecular weight excluding hydrogens is 386 g/mol. The molecule has 20 heavy (non-hydrogen) atoms. The van der Waals surface area contributed by atoms with Crippen LogP contribution in [0.2, 0.25) is 0 Å². The zero-order chi connectivity index (χ0) is 14.5. The third-order valence-corrected chi connectivity index (χ3v) is 4.17. The standard InChI is InChI=1S/C14H15Br2N3O/c1-20-11-4-5-13(16)12(7-11)14(19-17)6-10-3-2-9(15)8-18-10/h2-5,7-8,14,19H,6,17H2,1H3. The van der Waals surface area contributed by atoms with E-state index < -0.39 is 0 Å². The molecule has 2 rings (SSSR count). The highest BCUT2D eigenvalue weighted by Crippen LogP contribution is 2.29. The van der Waals surface area contributed by atoms with E-state index in [0.717, 1.165) is 26.0 Å².